The Bertz CT molecular complexity index is 1450. The highest BCUT2D eigenvalue weighted by Gasteiger charge is 2.41. The molecule has 0 aliphatic carbocycles. The maximum absolute atomic E-state index is 14.7. The largest absolute Gasteiger partial charge is 0.435 e. The second-order valence-electron chi connectivity index (χ2n) is 6.98. The summed E-state index contributed by atoms with van der Waals surface area (Å²) in [5.74, 6) is -1.81. The number of sulfonamides is 1. The second-order valence-corrected chi connectivity index (χ2v) is 8.54. The van der Waals surface area contributed by atoms with Gasteiger partial charge in [0, 0.05) is 16.7 Å². The summed E-state index contributed by atoms with van der Waals surface area (Å²) in [7, 11) is -4.08. The van der Waals surface area contributed by atoms with Crippen molar-refractivity contribution in [3.8, 4) is 28.1 Å². The van der Waals surface area contributed by atoms with Crippen molar-refractivity contribution in [3.05, 3.63) is 90.1 Å². The predicted molar refractivity (Wildman–Crippen MR) is 111 cm³/mol. The molecule has 0 atom stereocenters. The summed E-state index contributed by atoms with van der Waals surface area (Å²) in [5, 5.41) is 8.71. The molecule has 0 saturated heterocycles. The summed E-state index contributed by atoms with van der Waals surface area (Å²) in [6.07, 6.45) is -5.01. The number of nitrogens with zero attached hydrogens (tertiary/aromatic N) is 2. The molecule has 3 aromatic carbocycles. The number of aromatic nitrogens is 2. The highest BCUT2D eigenvalue weighted by Crippen LogP contribution is 2.44. The highest BCUT2D eigenvalue weighted by atomic mass is 32.2. The molecule has 0 unspecified atom stereocenters. The zero-order chi connectivity index (χ0) is 24.0. The van der Waals surface area contributed by atoms with Crippen LogP contribution < -0.4 is 5.14 Å². The first-order valence-electron chi connectivity index (χ1n) is 9.31. The van der Waals surface area contributed by atoms with E-state index in [1.54, 1.807) is 0 Å². The van der Waals surface area contributed by atoms with Gasteiger partial charge in [-0.05, 0) is 30.3 Å². The molecule has 5 nitrogen and oxygen atoms in total. The molecule has 0 bridgehead atoms. The number of nitrogens with two attached hydrogens (primary N) is 1. The molecule has 4 rings (SSSR count). The van der Waals surface area contributed by atoms with Crippen LogP contribution in [0, 0.1) is 11.6 Å². The second kappa shape index (κ2) is 8.09. The van der Waals surface area contributed by atoms with E-state index in [1.807, 2.05) is 0 Å². The number of benzene rings is 3. The third-order valence-electron chi connectivity index (χ3n) is 4.83. The van der Waals surface area contributed by atoms with Crippen LogP contribution in [0.2, 0.25) is 0 Å². The number of rotatable bonds is 4. The van der Waals surface area contributed by atoms with E-state index in [2.05, 4.69) is 5.10 Å². The molecular weight excluding hydrogens is 465 g/mol. The lowest BCUT2D eigenvalue weighted by Crippen LogP contribution is -2.11. The summed E-state index contributed by atoms with van der Waals surface area (Å²) in [6, 6.07) is 14.4. The van der Waals surface area contributed by atoms with Gasteiger partial charge in [0.05, 0.1) is 10.6 Å². The van der Waals surface area contributed by atoms with Crippen LogP contribution in [0.25, 0.3) is 28.1 Å². The van der Waals surface area contributed by atoms with Crippen LogP contribution in [0.5, 0.6) is 0 Å². The summed E-state index contributed by atoms with van der Waals surface area (Å²) >= 11 is 0. The van der Waals surface area contributed by atoms with Gasteiger partial charge in [-0.25, -0.2) is 27.0 Å². The van der Waals surface area contributed by atoms with Gasteiger partial charge in [0.15, 0.2) is 5.69 Å². The smallest absolute Gasteiger partial charge is 0.229 e. The highest BCUT2D eigenvalue weighted by molar-refractivity contribution is 7.89. The van der Waals surface area contributed by atoms with Crippen LogP contribution in [0.1, 0.15) is 5.69 Å². The zero-order valence-corrected chi connectivity index (χ0v) is 17.3. The number of primary sulfonamides is 1. The van der Waals surface area contributed by atoms with Gasteiger partial charge in [-0.1, -0.05) is 42.5 Å². The Labute approximate surface area is 185 Å². The first-order valence-corrected chi connectivity index (χ1v) is 10.9. The lowest BCUT2D eigenvalue weighted by molar-refractivity contribution is -0.140. The SMILES string of the molecule is NS(=O)(=O)c1ccc(-c2c(-c3ccccc3F)c(C(F)(F)F)nn2-c2ccccc2F)cc1. The average molecular weight is 479 g/mol. The lowest BCUT2D eigenvalue weighted by atomic mass is 9.97. The standard InChI is InChI=1S/C22H14F5N3O2S/c23-16-6-2-1-5-15(16)19-20(13-9-11-14(12-10-13)33(28,31)32)30(29-21(19)22(25,26)27)18-8-4-3-7-17(18)24/h1-12H,(H2,28,31,32). The van der Waals surface area contributed by atoms with Gasteiger partial charge in [0.2, 0.25) is 10.0 Å². The first kappa shape index (κ1) is 22.6. The molecular formula is C22H14F5N3O2S. The molecule has 170 valence electrons. The Morgan fingerprint density at radius 1 is 0.818 bits per heavy atom. The Morgan fingerprint density at radius 2 is 1.39 bits per heavy atom. The topological polar surface area (TPSA) is 78.0 Å². The van der Waals surface area contributed by atoms with Crippen LogP contribution in [-0.2, 0) is 16.2 Å². The summed E-state index contributed by atoms with van der Waals surface area (Å²) in [4.78, 5) is -0.285. The molecule has 11 heteroatoms. The van der Waals surface area contributed by atoms with Crippen molar-refractivity contribution < 1.29 is 30.4 Å². The molecule has 33 heavy (non-hydrogen) atoms. The number of hydrogen-bond acceptors (Lipinski definition) is 3. The van der Waals surface area contributed by atoms with Crippen molar-refractivity contribution in [2.45, 2.75) is 11.1 Å². The monoisotopic (exact) mass is 479 g/mol. The van der Waals surface area contributed by atoms with E-state index in [1.165, 1.54) is 42.5 Å². The minimum Gasteiger partial charge on any atom is -0.229 e. The predicted octanol–water partition coefficient (Wildman–Crippen LogP) is 5.15. The van der Waals surface area contributed by atoms with Crippen molar-refractivity contribution in [3.63, 3.8) is 0 Å². The van der Waals surface area contributed by atoms with Gasteiger partial charge in [0.25, 0.3) is 0 Å². The molecule has 0 aliphatic heterocycles. The van der Waals surface area contributed by atoms with Crippen LogP contribution in [0.3, 0.4) is 0 Å². The quantitative estimate of drug-likeness (QED) is 0.411. The summed E-state index contributed by atoms with van der Waals surface area (Å²) in [5.41, 5.74) is -3.01. The van der Waals surface area contributed by atoms with Crippen molar-refractivity contribution in [1.82, 2.24) is 9.78 Å². The molecule has 0 radical (unpaired) electrons. The number of hydrogen-bond donors (Lipinski definition) is 1. The van der Waals surface area contributed by atoms with Gasteiger partial charge in [-0.15, -0.1) is 0 Å². The van der Waals surface area contributed by atoms with E-state index in [0.717, 1.165) is 35.0 Å². The van der Waals surface area contributed by atoms with Crippen molar-refractivity contribution >= 4 is 10.0 Å². The van der Waals surface area contributed by atoms with Crippen LogP contribution in [-0.4, -0.2) is 18.2 Å². The van der Waals surface area contributed by atoms with Crippen LogP contribution >= 0.6 is 0 Å². The van der Waals surface area contributed by atoms with Crippen molar-refractivity contribution in [2.75, 3.05) is 0 Å². The molecule has 0 saturated carbocycles. The van der Waals surface area contributed by atoms with Gasteiger partial charge < -0.3 is 0 Å². The average Bonchev–Trinajstić information content (AvgIpc) is 3.14. The fourth-order valence-corrected chi connectivity index (χ4v) is 3.92. The molecule has 0 spiro atoms. The Kier molecular flexibility index (Phi) is 5.54. The number of halogens is 5. The number of alkyl halides is 3. The van der Waals surface area contributed by atoms with Crippen LogP contribution in [0.4, 0.5) is 22.0 Å². The molecule has 0 aliphatic rings. The van der Waals surface area contributed by atoms with E-state index in [9.17, 15) is 30.4 Å². The Balaban J connectivity index is 2.13. The van der Waals surface area contributed by atoms with Crippen molar-refractivity contribution in [1.29, 1.82) is 0 Å². The third-order valence-corrected chi connectivity index (χ3v) is 5.76. The van der Waals surface area contributed by atoms with Gasteiger partial charge in [0.1, 0.15) is 17.3 Å². The summed E-state index contributed by atoms with van der Waals surface area (Å²) in [6.45, 7) is 0. The summed E-state index contributed by atoms with van der Waals surface area (Å²) < 4.78 is 95.3. The molecule has 0 amide bonds. The minimum absolute atomic E-state index is 0.0342. The molecule has 4 aromatic rings. The first-order chi connectivity index (χ1) is 15.5. The van der Waals surface area contributed by atoms with Crippen molar-refractivity contribution in [2.24, 2.45) is 5.14 Å². The Morgan fingerprint density at radius 3 is 1.94 bits per heavy atom. The van der Waals surface area contributed by atoms with Gasteiger partial charge in [-0.2, -0.15) is 18.3 Å². The fraction of sp³-hybridized carbons (Fsp3) is 0.0455. The van der Waals surface area contributed by atoms with E-state index in [0.29, 0.717) is 0 Å². The Hall–Kier alpha value is -3.57. The fourth-order valence-electron chi connectivity index (χ4n) is 3.40. The van der Waals surface area contributed by atoms with E-state index in [-0.39, 0.29) is 21.8 Å². The molecule has 1 heterocycles. The van der Waals surface area contributed by atoms with Gasteiger partial charge >= 0.3 is 6.18 Å². The van der Waals surface area contributed by atoms with Crippen LogP contribution in [0.15, 0.2) is 77.7 Å². The minimum atomic E-state index is -5.01. The maximum atomic E-state index is 14.7. The van der Waals surface area contributed by atoms with E-state index < -0.39 is 44.7 Å². The molecule has 2 N–H and O–H groups in total. The third kappa shape index (κ3) is 4.24. The molecule has 0 fully saturated rings. The maximum Gasteiger partial charge on any atom is 0.435 e. The van der Waals surface area contributed by atoms with E-state index >= 15 is 0 Å². The van der Waals surface area contributed by atoms with Gasteiger partial charge in [-0.3, -0.25) is 0 Å². The molecule has 1 aromatic heterocycles. The zero-order valence-electron chi connectivity index (χ0n) is 16.5. The lowest BCUT2D eigenvalue weighted by Gasteiger charge is -2.12. The van der Waals surface area contributed by atoms with E-state index in [4.69, 9.17) is 5.14 Å². The number of para-hydroxylation sites is 1. The normalized spacial score (nSPS) is 12.2.